The Kier molecular flexibility index (Phi) is 4.04. The van der Waals surface area contributed by atoms with Gasteiger partial charge in [0.25, 0.3) is 0 Å². The molecule has 2 aromatic heterocycles. The number of thiazole rings is 1. The van der Waals surface area contributed by atoms with Crippen LogP contribution in [-0.2, 0) is 10.0 Å². The van der Waals surface area contributed by atoms with Crippen molar-refractivity contribution < 1.29 is 27.1 Å². The first-order chi connectivity index (χ1) is 12.8. The van der Waals surface area contributed by atoms with Crippen LogP contribution in [0.3, 0.4) is 0 Å². The standard InChI is InChI=1S/C16H11FN4O4S2/c1-9-2-5-11(6-3-9)21-14(15(22)25-20-21)27(23,24)19-16-18-12-7-4-10(17)8-13(12)26-16/h2-8H,1H3,(H-,18,19,20,22). The van der Waals surface area contributed by atoms with Crippen molar-refractivity contribution in [3.63, 3.8) is 0 Å². The smallest absolute Gasteiger partial charge is 0.373 e. The van der Waals surface area contributed by atoms with Crippen LogP contribution in [0.2, 0.25) is 0 Å². The van der Waals surface area contributed by atoms with Gasteiger partial charge in [-0.2, -0.15) is 8.42 Å². The lowest BCUT2D eigenvalue weighted by Crippen LogP contribution is -2.40. The van der Waals surface area contributed by atoms with Crippen LogP contribution in [-0.4, -0.2) is 18.7 Å². The summed E-state index contributed by atoms with van der Waals surface area (Å²) in [6, 6.07) is 10.6. The summed E-state index contributed by atoms with van der Waals surface area (Å²) in [5, 5.41) is 14.8. The molecule has 1 N–H and O–H groups in total. The zero-order valence-corrected chi connectivity index (χ0v) is 15.3. The zero-order chi connectivity index (χ0) is 19.2. The van der Waals surface area contributed by atoms with Crippen molar-refractivity contribution in [2.75, 3.05) is 4.72 Å². The predicted molar refractivity (Wildman–Crippen MR) is 92.6 cm³/mol. The minimum absolute atomic E-state index is 0.00773. The number of nitrogens with one attached hydrogen (secondary N) is 1. The molecule has 27 heavy (non-hydrogen) atoms. The van der Waals surface area contributed by atoms with Crippen molar-refractivity contribution in [1.82, 2.24) is 10.3 Å². The van der Waals surface area contributed by atoms with Crippen LogP contribution in [0.4, 0.5) is 9.52 Å². The van der Waals surface area contributed by atoms with Crippen molar-refractivity contribution in [2.45, 2.75) is 11.9 Å². The maximum atomic E-state index is 13.3. The number of halogens is 1. The third-order valence-corrected chi connectivity index (χ3v) is 6.05. The molecule has 0 saturated heterocycles. The molecule has 0 radical (unpaired) electrons. The van der Waals surface area contributed by atoms with Crippen molar-refractivity contribution in [3.8, 4) is 11.6 Å². The van der Waals surface area contributed by atoms with Crippen molar-refractivity contribution in [2.24, 2.45) is 0 Å². The number of benzene rings is 2. The average molecular weight is 406 g/mol. The van der Waals surface area contributed by atoms with Crippen LogP contribution < -0.4 is 14.5 Å². The van der Waals surface area contributed by atoms with Crippen LogP contribution in [0, 0.1) is 12.7 Å². The third kappa shape index (κ3) is 3.22. The second-order valence-corrected chi connectivity index (χ2v) is 8.28. The van der Waals surface area contributed by atoms with E-state index >= 15 is 0 Å². The van der Waals surface area contributed by atoms with Gasteiger partial charge in [0.2, 0.25) is 5.69 Å². The first-order valence-corrected chi connectivity index (χ1v) is 9.88. The number of sulfonamides is 1. The Hall–Kier alpha value is -3.05. The molecule has 4 rings (SSSR count). The molecule has 0 bridgehead atoms. The maximum absolute atomic E-state index is 13.3. The first kappa shape index (κ1) is 17.4. The molecule has 2 aromatic carbocycles. The van der Waals surface area contributed by atoms with Crippen molar-refractivity contribution >= 4 is 36.7 Å². The Balaban J connectivity index is 1.75. The van der Waals surface area contributed by atoms with Gasteiger partial charge in [-0.25, -0.2) is 14.1 Å². The molecule has 0 amide bonds. The number of anilines is 1. The predicted octanol–water partition coefficient (Wildman–Crippen LogP) is 1.88. The Labute approximate surface area is 156 Å². The molecule has 2 heterocycles. The molecule has 8 nitrogen and oxygen atoms in total. The molecule has 0 fully saturated rings. The third-order valence-electron chi connectivity index (χ3n) is 3.68. The van der Waals surface area contributed by atoms with Crippen LogP contribution >= 0.6 is 11.3 Å². The summed E-state index contributed by atoms with van der Waals surface area (Å²) in [6.07, 6.45) is 0. The zero-order valence-electron chi connectivity index (χ0n) is 13.7. The number of fused-ring (bicyclic) bond motifs is 1. The molecule has 0 spiro atoms. The molecule has 0 aliphatic rings. The van der Waals surface area contributed by atoms with E-state index in [9.17, 15) is 17.9 Å². The summed E-state index contributed by atoms with van der Waals surface area (Å²) in [6.45, 7) is 1.87. The minimum atomic E-state index is -4.35. The second-order valence-electron chi connectivity index (χ2n) is 5.65. The molecule has 138 valence electrons. The largest absolute Gasteiger partial charge is 0.538 e. The number of nitrogens with zero attached hydrogens (tertiary/aromatic N) is 3. The fourth-order valence-electron chi connectivity index (χ4n) is 2.42. The molecule has 11 heteroatoms. The molecular weight excluding hydrogens is 395 g/mol. The van der Waals surface area contributed by atoms with E-state index in [4.69, 9.17) is 0 Å². The lowest BCUT2D eigenvalue weighted by molar-refractivity contribution is -0.706. The molecule has 0 atom stereocenters. The van der Waals surface area contributed by atoms with Crippen LogP contribution in [0.5, 0.6) is 5.95 Å². The highest BCUT2D eigenvalue weighted by molar-refractivity contribution is 7.92. The molecule has 0 aliphatic carbocycles. The highest BCUT2D eigenvalue weighted by Gasteiger charge is 2.34. The van der Waals surface area contributed by atoms with Gasteiger partial charge in [0.05, 0.1) is 15.5 Å². The molecular formula is C16H11FN4O4S2. The van der Waals surface area contributed by atoms with E-state index in [1.54, 1.807) is 24.3 Å². The van der Waals surface area contributed by atoms with E-state index in [-0.39, 0.29) is 5.13 Å². The van der Waals surface area contributed by atoms with Gasteiger partial charge in [-0.3, -0.25) is 0 Å². The van der Waals surface area contributed by atoms with E-state index in [0.29, 0.717) is 15.9 Å². The normalized spacial score (nSPS) is 11.8. The van der Waals surface area contributed by atoms with Gasteiger partial charge in [-0.1, -0.05) is 29.0 Å². The Morgan fingerprint density at radius 2 is 1.96 bits per heavy atom. The second kappa shape index (κ2) is 6.28. The first-order valence-electron chi connectivity index (χ1n) is 7.58. The quantitative estimate of drug-likeness (QED) is 0.518. The minimum Gasteiger partial charge on any atom is -0.538 e. The number of aromatic nitrogens is 3. The summed E-state index contributed by atoms with van der Waals surface area (Å²) in [4.78, 5) is 4.09. The molecule has 0 saturated carbocycles. The van der Waals surface area contributed by atoms with Gasteiger partial charge >= 0.3 is 15.0 Å². The van der Waals surface area contributed by atoms with E-state index < -0.39 is 26.8 Å². The van der Waals surface area contributed by atoms with Gasteiger partial charge in [0.15, 0.2) is 11.1 Å². The van der Waals surface area contributed by atoms with Gasteiger partial charge in [-0.05, 0) is 29.8 Å². The number of rotatable bonds is 4. The van der Waals surface area contributed by atoms with Crippen LogP contribution in [0.25, 0.3) is 15.9 Å². The maximum Gasteiger partial charge on any atom is 0.373 e. The van der Waals surface area contributed by atoms with Gasteiger partial charge in [-0.15, -0.1) is 0 Å². The van der Waals surface area contributed by atoms with Gasteiger partial charge in [0, 0.05) is 12.1 Å². The SMILES string of the molecule is Cc1ccc(-[n+]2noc([O-])c2S(=O)(=O)Nc2nc3ccc(F)cc3s2)cc1. The summed E-state index contributed by atoms with van der Waals surface area (Å²) in [5.74, 6) is -1.58. The van der Waals surface area contributed by atoms with Crippen LogP contribution in [0.15, 0.2) is 52.0 Å². The highest BCUT2D eigenvalue weighted by atomic mass is 32.2. The Bertz CT molecular complexity index is 1250. The van der Waals surface area contributed by atoms with E-state index in [2.05, 4.69) is 19.5 Å². The van der Waals surface area contributed by atoms with E-state index in [1.165, 1.54) is 18.2 Å². The lowest BCUT2D eigenvalue weighted by Gasteiger charge is -2.02. The van der Waals surface area contributed by atoms with Crippen molar-refractivity contribution in [1.29, 1.82) is 0 Å². The monoisotopic (exact) mass is 406 g/mol. The summed E-state index contributed by atoms with van der Waals surface area (Å²) in [5.41, 5.74) is 1.73. The van der Waals surface area contributed by atoms with Gasteiger partial charge in [0.1, 0.15) is 5.82 Å². The average Bonchev–Trinajstić information content (AvgIpc) is 3.18. The molecule has 0 aliphatic heterocycles. The van der Waals surface area contributed by atoms with Crippen LogP contribution in [0.1, 0.15) is 5.56 Å². The lowest BCUT2D eigenvalue weighted by atomic mass is 10.2. The fourth-order valence-corrected chi connectivity index (χ4v) is 4.65. The van der Waals surface area contributed by atoms with Crippen molar-refractivity contribution in [3.05, 3.63) is 53.8 Å². The number of hydrogen-bond acceptors (Lipinski definition) is 7. The summed E-state index contributed by atoms with van der Waals surface area (Å²) in [7, 11) is -4.35. The fraction of sp³-hybridized carbons (Fsp3) is 0.0625. The Morgan fingerprint density at radius 1 is 1.22 bits per heavy atom. The topological polar surface area (TPSA) is 112 Å². The van der Waals surface area contributed by atoms with E-state index in [0.717, 1.165) is 21.6 Å². The molecule has 4 aromatic rings. The summed E-state index contributed by atoms with van der Waals surface area (Å²) >= 11 is 0.941. The van der Waals surface area contributed by atoms with Gasteiger partial charge < -0.3 is 9.63 Å². The van der Waals surface area contributed by atoms with E-state index in [1.807, 2.05) is 6.92 Å². The number of hydrogen-bond donors (Lipinski definition) is 1. The Morgan fingerprint density at radius 3 is 2.70 bits per heavy atom. The summed E-state index contributed by atoms with van der Waals surface area (Å²) < 4.78 is 46.9. The number of aryl methyl sites for hydroxylation is 1. The highest BCUT2D eigenvalue weighted by Crippen LogP contribution is 2.29. The molecule has 0 unspecified atom stereocenters.